The van der Waals surface area contributed by atoms with E-state index in [1.165, 1.54) is 5.57 Å². The lowest BCUT2D eigenvalue weighted by atomic mass is 9.86. The molecular formula is C26H31N3O. The summed E-state index contributed by atoms with van der Waals surface area (Å²) >= 11 is 0. The molecule has 0 aromatic heterocycles. The number of carbonyl (C=O) groups excluding carboxylic acids is 1. The van der Waals surface area contributed by atoms with Crippen molar-refractivity contribution in [3.63, 3.8) is 0 Å². The lowest BCUT2D eigenvalue weighted by molar-refractivity contribution is 0.102. The van der Waals surface area contributed by atoms with Crippen LogP contribution in [0.5, 0.6) is 0 Å². The van der Waals surface area contributed by atoms with Gasteiger partial charge in [-0.2, -0.15) is 0 Å². The Morgan fingerprint density at radius 3 is 2.43 bits per heavy atom. The fourth-order valence-electron chi connectivity index (χ4n) is 2.82. The zero-order valence-electron chi connectivity index (χ0n) is 18.2. The predicted octanol–water partition coefficient (Wildman–Crippen LogP) is 6.55. The SMILES string of the molecule is C=C(/C=C/C=C(\C=C/C)C(C)(C)C)Nc1ccccc1C(=O)Nc1cccc(N)c1. The van der Waals surface area contributed by atoms with Crippen molar-refractivity contribution in [2.45, 2.75) is 27.7 Å². The van der Waals surface area contributed by atoms with E-state index in [4.69, 9.17) is 5.73 Å². The molecule has 0 fully saturated rings. The van der Waals surface area contributed by atoms with Crippen molar-refractivity contribution in [2.75, 3.05) is 16.4 Å². The highest BCUT2D eigenvalue weighted by molar-refractivity contribution is 6.08. The highest BCUT2D eigenvalue weighted by atomic mass is 16.1. The molecule has 30 heavy (non-hydrogen) atoms. The first-order valence-electron chi connectivity index (χ1n) is 9.94. The van der Waals surface area contributed by atoms with Crippen LogP contribution in [0.2, 0.25) is 0 Å². The molecule has 2 rings (SSSR count). The van der Waals surface area contributed by atoms with E-state index in [-0.39, 0.29) is 11.3 Å². The van der Waals surface area contributed by atoms with Gasteiger partial charge in [0.15, 0.2) is 0 Å². The molecule has 0 aliphatic heterocycles. The van der Waals surface area contributed by atoms with E-state index in [0.717, 1.165) is 0 Å². The molecule has 0 radical (unpaired) electrons. The summed E-state index contributed by atoms with van der Waals surface area (Å²) in [6.45, 7) is 12.6. The third kappa shape index (κ3) is 6.82. The summed E-state index contributed by atoms with van der Waals surface area (Å²) in [5, 5.41) is 6.10. The van der Waals surface area contributed by atoms with Gasteiger partial charge in [-0.05, 0) is 54.3 Å². The summed E-state index contributed by atoms with van der Waals surface area (Å²) < 4.78 is 0. The van der Waals surface area contributed by atoms with E-state index in [1.54, 1.807) is 30.3 Å². The van der Waals surface area contributed by atoms with Crippen molar-refractivity contribution in [2.24, 2.45) is 5.41 Å². The van der Waals surface area contributed by atoms with Gasteiger partial charge in [0.1, 0.15) is 0 Å². The number of nitrogens with one attached hydrogen (secondary N) is 2. The third-order valence-electron chi connectivity index (χ3n) is 4.40. The number of hydrogen-bond acceptors (Lipinski definition) is 3. The lowest BCUT2D eigenvalue weighted by Gasteiger charge is -2.19. The minimum Gasteiger partial charge on any atom is -0.399 e. The quantitative estimate of drug-likeness (QED) is 0.364. The molecule has 156 valence electrons. The first-order chi connectivity index (χ1) is 14.2. The summed E-state index contributed by atoms with van der Waals surface area (Å²) in [6, 6.07) is 14.4. The summed E-state index contributed by atoms with van der Waals surface area (Å²) in [7, 11) is 0. The summed E-state index contributed by atoms with van der Waals surface area (Å²) in [5.74, 6) is -0.219. The Bertz CT molecular complexity index is 991. The first kappa shape index (κ1) is 22.8. The molecule has 0 unspecified atom stereocenters. The van der Waals surface area contributed by atoms with Gasteiger partial charge in [-0.15, -0.1) is 0 Å². The number of hydrogen-bond donors (Lipinski definition) is 3. The van der Waals surface area contributed by atoms with Gasteiger partial charge in [0.25, 0.3) is 5.91 Å². The number of benzene rings is 2. The molecule has 0 saturated carbocycles. The Labute approximate surface area is 179 Å². The molecule has 0 aliphatic carbocycles. The summed E-state index contributed by atoms with van der Waals surface area (Å²) in [6.07, 6.45) is 10.1. The second-order valence-electron chi connectivity index (χ2n) is 8.01. The predicted molar refractivity (Wildman–Crippen MR) is 130 cm³/mol. The number of anilines is 3. The lowest BCUT2D eigenvalue weighted by Crippen LogP contribution is -2.14. The first-order valence-corrected chi connectivity index (χ1v) is 9.94. The molecule has 0 aliphatic rings. The summed E-state index contributed by atoms with van der Waals surface area (Å²) in [4.78, 5) is 12.8. The minimum absolute atomic E-state index is 0.0527. The molecule has 0 atom stereocenters. The van der Waals surface area contributed by atoms with E-state index in [9.17, 15) is 4.79 Å². The maximum Gasteiger partial charge on any atom is 0.257 e. The van der Waals surface area contributed by atoms with Crippen molar-refractivity contribution in [3.8, 4) is 0 Å². The average Bonchev–Trinajstić information content (AvgIpc) is 2.67. The number of carbonyl (C=O) groups is 1. The third-order valence-corrected chi connectivity index (χ3v) is 4.40. The Balaban J connectivity index is 2.14. The maximum absolute atomic E-state index is 12.8. The smallest absolute Gasteiger partial charge is 0.257 e. The van der Waals surface area contributed by atoms with Crippen molar-refractivity contribution >= 4 is 23.0 Å². The molecule has 4 nitrogen and oxygen atoms in total. The van der Waals surface area contributed by atoms with E-state index in [1.807, 2.05) is 43.4 Å². The Kier molecular flexibility index (Phi) is 7.82. The molecule has 0 heterocycles. The average molecular weight is 402 g/mol. The monoisotopic (exact) mass is 401 g/mol. The molecule has 2 aromatic carbocycles. The normalized spacial score (nSPS) is 12.3. The van der Waals surface area contributed by atoms with Crippen LogP contribution in [0.4, 0.5) is 17.1 Å². The van der Waals surface area contributed by atoms with Gasteiger partial charge in [0.05, 0.1) is 11.3 Å². The van der Waals surface area contributed by atoms with Crippen LogP contribution in [0.3, 0.4) is 0 Å². The molecule has 4 N–H and O–H groups in total. The standard InChI is InChI=1S/C26H31N3O/c1-6-11-20(26(3,4)5)13-9-12-19(2)28-24-17-8-7-16-23(24)25(30)29-22-15-10-14-21(27)18-22/h6-18,28H,2,27H2,1,3-5H3,(H,29,30)/b11-6-,12-9+,20-13+. The van der Waals surface area contributed by atoms with E-state index < -0.39 is 0 Å². The fourth-order valence-corrected chi connectivity index (χ4v) is 2.82. The van der Waals surface area contributed by atoms with Crippen molar-refractivity contribution < 1.29 is 4.79 Å². The van der Waals surface area contributed by atoms with E-state index >= 15 is 0 Å². The van der Waals surface area contributed by atoms with Crippen molar-refractivity contribution in [1.82, 2.24) is 0 Å². The fraction of sp³-hybridized carbons (Fsp3) is 0.192. The van der Waals surface area contributed by atoms with Crippen LogP contribution in [0.15, 0.2) is 96.8 Å². The van der Waals surface area contributed by atoms with Gasteiger partial charge >= 0.3 is 0 Å². The number of amides is 1. The van der Waals surface area contributed by atoms with Gasteiger partial charge in [0.2, 0.25) is 0 Å². The summed E-state index contributed by atoms with van der Waals surface area (Å²) in [5.41, 5.74) is 10.2. The molecular weight excluding hydrogens is 370 g/mol. The highest BCUT2D eigenvalue weighted by Gasteiger charge is 2.13. The number of nitrogen functional groups attached to an aromatic ring is 1. The van der Waals surface area contributed by atoms with Crippen molar-refractivity contribution in [1.29, 1.82) is 0 Å². The van der Waals surface area contributed by atoms with Gasteiger partial charge in [-0.3, -0.25) is 4.79 Å². The van der Waals surface area contributed by atoms with Crippen LogP contribution < -0.4 is 16.4 Å². The van der Waals surface area contributed by atoms with Gasteiger partial charge in [-0.25, -0.2) is 0 Å². The highest BCUT2D eigenvalue weighted by Crippen LogP contribution is 2.26. The van der Waals surface area contributed by atoms with Crippen LogP contribution in [0.1, 0.15) is 38.1 Å². The molecule has 0 bridgehead atoms. The van der Waals surface area contributed by atoms with Crippen LogP contribution in [0.25, 0.3) is 0 Å². The maximum atomic E-state index is 12.8. The van der Waals surface area contributed by atoms with Crippen LogP contribution in [-0.2, 0) is 0 Å². The largest absolute Gasteiger partial charge is 0.399 e. The molecule has 0 saturated heterocycles. The van der Waals surface area contributed by atoms with Crippen LogP contribution in [-0.4, -0.2) is 5.91 Å². The zero-order valence-corrected chi connectivity index (χ0v) is 18.2. The van der Waals surface area contributed by atoms with Crippen molar-refractivity contribution in [3.05, 3.63) is 102 Å². The minimum atomic E-state index is -0.219. The Morgan fingerprint density at radius 2 is 1.77 bits per heavy atom. The molecule has 2 aromatic rings. The number of para-hydroxylation sites is 1. The van der Waals surface area contributed by atoms with Gasteiger partial charge in [0, 0.05) is 17.1 Å². The zero-order chi connectivity index (χ0) is 22.1. The number of nitrogens with two attached hydrogens (primary N) is 1. The van der Waals surface area contributed by atoms with E-state index in [0.29, 0.717) is 28.3 Å². The second-order valence-corrected chi connectivity index (χ2v) is 8.01. The molecule has 1 amide bonds. The Morgan fingerprint density at radius 1 is 1.03 bits per heavy atom. The topological polar surface area (TPSA) is 67.2 Å². The number of rotatable bonds is 7. The van der Waals surface area contributed by atoms with Crippen LogP contribution in [0, 0.1) is 5.41 Å². The molecule has 0 spiro atoms. The second kappa shape index (κ2) is 10.3. The Hall–Kier alpha value is -3.53. The van der Waals surface area contributed by atoms with Gasteiger partial charge in [-0.1, -0.05) is 69.9 Å². The van der Waals surface area contributed by atoms with Crippen LogP contribution >= 0.6 is 0 Å². The van der Waals surface area contributed by atoms with E-state index in [2.05, 4.69) is 50.1 Å². The number of allylic oxidation sites excluding steroid dienone is 6. The van der Waals surface area contributed by atoms with Gasteiger partial charge < -0.3 is 16.4 Å². The molecule has 4 heteroatoms.